The van der Waals surface area contributed by atoms with Crippen molar-refractivity contribution in [1.29, 1.82) is 0 Å². The van der Waals surface area contributed by atoms with Gasteiger partial charge < -0.3 is 11.1 Å². The van der Waals surface area contributed by atoms with Crippen LogP contribution in [0, 0.1) is 5.92 Å². The molecule has 0 aromatic heterocycles. The van der Waals surface area contributed by atoms with E-state index in [0.29, 0.717) is 23.9 Å². The molecule has 0 aliphatic carbocycles. The van der Waals surface area contributed by atoms with E-state index in [1.807, 2.05) is 6.92 Å². The number of hydrogen-bond donors (Lipinski definition) is 2. The van der Waals surface area contributed by atoms with Crippen molar-refractivity contribution in [1.82, 2.24) is 5.32 Å². The molecule has 0 radical (unpaired) electrons. The first-order chi connectivity index (χ1) is 5.56. The van der Waals surface area contributed by atoms with Gasteiger partial charge in [0.1, 0.15) is 0 Å². The molecule has 0 aromatic carbocycles. The second-order valence-electron chi connectivity index (χ2n) is 2.96. The largest absolute Gasteiger partial charge is 0.392 e. The van der Waals surface area contributed by atoms with E-state index in [9.17, 15) is 4.79 Å². The number of amides is 1. The monoisotopic (exact) mass is 188 g/mol. The van der Waals surface area contributed by atoms with E-state index in [0.717, 1.165) is 6.42 Å². The minimum atomic E-state index is 0.0251. The minimum absolute atomic E-state index is 0.0251. The molecular weight excluding hydrogens is 172 g/mol. The van der Waals surface area contributed by atoms with E-state index >= 15 is 0 Å². The van der Waals surface area contributed by atoms with Crippen LogP contribution in [0.1, 0.15) is 26.7 Å². The lowest BCUT2D eigenvalue weighted by Crippen LogP contribution is -2.32. The van der Waals surface area contributed by atoms with Crippen LogP contribution in [0.25, 0.3) is 0 Å². The Hall–Kier alpha value is -0.640. The molecule has 0 saturated carbocycles. The maximum Gasteiger partial charge on any atom is 0.220 e. The molecule has 4 heteroatoms. The summed E-state index contributed by atoms with van der Waals surface area (Å²) in [5.41, 5.74) is 5.22. The van der Waals surface area contributed by atoms with Gasteiger partial charge in [-0.25, -0.2) is 0 Å². The fraction of sp³-hybridized carbons (Fsp3) is 0.750. The van der Waals surface area contributed by atoms with Crippen LogP contribution >= 0.6 is 12.2 Å². The Morgan fingerprint density at radius 3 is 2.67 bits per heavy atom. The van der Waals surface area contributed by atoms with Crippen LogP contribution in [0.5, 0.6) is 0 Å². The molecule has 1 atom stereocenters. The molecule has 0 heterocycles. The van der Waals surface area contributed by atoms with Crippen LogP contribution in [-0.2, 0) is 4.79 Å². The molecule has 12 heavy (non-hydrogen) atoms. The van der Waals surface area contributed by atoms with E-state index in [1.165, 1.54) is 0 Å². The number of hydrogen-bond acceptors (Lipinski definition) is 2. The highest BCUT2D eigenvalue weighted by Gasteiger charge is 2.06. The summed E-state index contributed by atoms with van der Waals surface area (Å²) in [6.07, 6.45) is 1.57. The van der Waals surface area contributed by atoms with Crippen molar-refractivity contribution in [2.75, 3.05) is 6.54 Å². The molecule has 1 unspecified atom stereocenters. The zero-order chi connectivity index (χ0) is 9.56. The summed E-state index contributed by atoms with van der Waals surface area (Å²) in [4.78, 5) is 11.4. The van der Waals surface area contributed by atoms with Gasteiger partial charge in [-0.05, 0) is 5.92 Å². The summed E-state index contributed by atoms with van der Waals surface area (Å²) in [6.45, 7) is 4.41. The van der Waals surface area contributed by atoms with Gasteiger partial charge in [0.15, 0.2) is 0 Å². The average molecular weight is 188 g/mol. The van der Waals surface area contributed by atoms with Crippen LogP contribution in [0.2, 0.25) is 0 Å². The van der Waals surface area contributed by atoms with Crippen molar-refractivity contribution in [2.45, 2.75) is 26.7 Å². The molecule has 0 spiro atoms. The fourth-order valence-electron chi connectivity index (χ4n) is 0.719. The van der Waals surface area contributed by atoms with Gasteiger partial charge >= 0.3 is 0 Å². The number of rotatable bonds is 5. The Morgan fingerprint density at radius 2 is 2.25 bits per heavy atom. The smallest absolute Gasteiger partial charge is 0.220 e. The Balaban J connectivity index is 3.53. The van der Waals surface area contributed by atoms with Crippen molar-refractivity contribution >= 4 is 23.1 Å². The first-order valence-corrected chi connectivity index (χ1v) is 4.52. The first kappa shape index (κ1) is 11.4. The molecule has 0 rings (SSSR count). The highest BCUT2D eigenvalue weighted by Crippen LogP contribution is 2.04. The summed E-state index contributed by atoms with van der Waals surface area (Å²) in [5, 5.41) is 2.64. The van der Waals surface area contributed by atoms with Gasteiger partial charge in [-0.1, -0.05) is 32.5 Å². The summed E-state index contributed by atoms with van der Waals surface area (Å²) < 4.78 is 0. The first-order valence-electron chi connectivity index (χ1n) is 4.11. The Kier molecular flexibility index (Phi) is 5.62. The lowest BCUT2D eigenvalue weighted by Gasteiger charge is -2.07. The molecule has 0 aliphatic heterocycles. The van der Waals surface area contributed by atoms with Crippen LogP contribution in [0.15, 0.2) is 0 Å². The Labute approximate surface area is 78.7 Å². The maximum atomic E-state index is 11.1. The number of nitrogens with two attached hydrogens (primary N) is 1. The second-order valence-corrected chi connectivity index (χ2v) is 3.48. The van der Waals surface area contributed by atoms with Gasteiger partial charge in [-0.15, -0.1) is 0 Å². The summed E-state index contributed by atoms with van der Waals surface area (Å²) in [5.74, 6) is 0.452. The fourth-order valence-corrected chi connectivity index (χ4v) is 0.791. The van der Waals surface area contributed by atoms with E-state index < -0.39 is 0 Å². The van der Waals surface area contributed by atoms with Gasteiger partial charge in [0.25, 0.3) is 0 Å². The zero-order valence-electron chi connectivity index (χ0n) is 7.59. The molecule has 1 amide bonds. The van der Waals surface area contributed by atoms with E-state index in [4.69, 9.17) is 5.73 Å². The number of nitrogens with one attached hydrogen (secondary N) is 1. The highest BCUT2D eigenvalue weighted by molar-refractivity contribution is 7.80. The van der Waals surface area contributed by atoms with Gasteiger partial charge in [0.05, 0.1) is 11.5 Å². The van der Waals surface area contributed by atoms with Crippen molar-refractivity contribution in [2.24, 2.45) is 11.7 Å². The summed E-state index contributed by atoms with van der Waals surface area (Å²) in [7, 11) is 0. The Morgan fingerprint density at radius 1 is 1.67 bits per heavy atom. The predicted octanol–water partition coefficient (Wildman–Crippen LogP) is 0.825. The zero-order valence-corrected chi connectivity index (χ0v) is 8.41. The molecule has 70 valence electrons. The molecule has 0 fully saturated rings. The molecular formula is C8H16N2OS. The van der Waals surface area contributed by atoms with Crippen molar-refractivity contribution < 1.29 is 4.79 Å². The molecule has 0 bridgehead atoms. The lowest BCUT2D eigenvalue weighted by molar-refractivity contribution is -0.121. The number of carbonyl (C=O) groups excluding carboxylic acids is 1. The van der Waals surface area contributed by atoms with Crippen LogP contribution in [0.4, 0.5) is 0 Å². The van der Waals surface area contributed by atoms with Gasteiger partial charge in [0.2, 0.25) is 5.91 Å². The van der Waals surface area contributed by atoms with Crippen LogP contribution in [0.3, 0.4) is 0 Å². The second kappa shape index (κ2) is 5.94. The maximum absolute atomic E-state index is 11.1. The van der Waals surface area contributed by atoms with Crippen molar-refractivity contribution in [3.05, 3.63) is 0 Å². The van der Waals surface area contributed by atoms with Gasteiger partial charge in [-0.3, -0.25) is 4.79 Å². The summed E-state index contributed by atoms with van der Waals surface area (Å²) >= 11 is 4.62. The number of carbonyl (C=O) groups is 1. The van der Waals surface area contributed by atoms with Crippen LogP contribution < -0.4 is 11.1 Å². The lowest BCUT2D eigenvalue weighted by atomic mass is 10.1. The number of thiocarbonyl (C=S) groups is 1. The third-order valence-electron chi connectivity index (χ3n) is 1.69. The molecule has 0 aliphatic rings. The topological polar surface area (TPSA) is 55.1 Å². The van der Waals surface area contributed by atoms with Crippen LogP contribution in [-0.4, -0.2) is 17.4 Å². The molecule has 3 N–H and O–H groups in total. The van der Waals surface area contributed by atoms with E-state index in [2.05, 4.69) is 24.5 Å². The predicted molar refractivity (Wildman–Crippen MR) is 53.9 cm³/mol. The van der Waals surface area contributed by atoms with Gasteiger partial charge in [0, 0.05) is 6.42 Å². The van der Waals surface area contributed by atoms with E-state index in [-0.39, 0.29) is 5.91 Å². The molecule has 0 aromatic rings. The van der Waals surface area contributed by atoms with Crippen molar-refractivity contribution in [3.8, 4) is 0 Å². The van der Waals surface area contributed by atoms with Gasteiger partial charge in [-0.2, -0.15) is 0 Å². The quantitative estimate of drug-likeness (QED) is 0.628. The highest BCUT2D eigenvalue weighted by atomic mass is 32.1. The third-order valence-corrected chi connectivity index (χ3v) is 1.83. The SMILES string of the molecule is CCC(C)CC(=O)NCC(N)=S. The molecule has 3 nitrogen and oxygen atoms in total. The van der Waals surface area contributed by atoms with E-state index in [1.54, 1.807) is 0 Å². The van der Waals surface area contributed by atoms with Crippen molar-refractivity contribution in [3.63, 3.8) is 0 Å². The normalized spacial score (nSPS) is 12.2. The Bertz CT molecular complexity index is 170. The standard InChI is InChI=1S/C8H16N2OS/c1-3-6(2)4-8(11)10-5-7(9)12/h6H,3-5H2,1-2H3,(H2,9,12)(H,10,11). The minimum Gasteiger partial charge on any atom is -0.392 e. The molecule has 0 saturated heterocycles. The average Bonchev–Trinajstić information content (AvgIpc) is 2.00. The summed E-state index contributed by atoms with van der Waals surface area (Å²) in [6, 6.07) is 0. The third kappa shape index (κ3) is 6.09.